The van der Waals surface area contributed by atoms with Gasteiger partial charge in [-0.2, -0.15) is 0 Å². The van der Waals surface area contributed by atoms with Crippen molar-refractivity contribution in [2.45, 2.75) is 19.4 Å². The maximum absolute atomic E-state index is 13.5. The highest BCUT2D eigenvalue weighted by molar-refractivity contribution is 6.31. The fourth-order valence-corrected chi connectivity index (χ4v) is 2.10. The second-order valence-electron chi connectivity index (χ2n) is 4.47. The Labute approximate surface area is 116 Å². The van der Waals surface area contributed by atoms with Crippen LogP contribution in [0.4, 0.5) is 14.5 Å². The fourth-order valence-electron chi connectivity index (χ4n) is 1.92. The molecule has 1 nitrogen and oxygen atoms in total. The molecule has 4 heteroatoms. The van der Waals surface area contributed by atoms with Crippen molar-refractivity contribution in [2.24, 2.45) is 0 Å². The molecule has 2 rings (SSSR count). The fraction of sp³-hybridized carbons (Fsp3) is 0.200. The molecule has 0 saturated heterocycles. The van der Waals surface area contributed by atoms with Crippen LogP contribution in [-0.4, -0.2) is 6.04 Å². The molecule has 0 bridgehead atoms. The van der Waals surface area contributed by atoms with E-state index in [9.17, 15) is 8.78 Å². The first-order valence-electron chi connectivity index (χ1n) is 6.01. The first kappa shape index (κ1) is 13.8. The molecule has 1 unspecified atom stereocenters. The van der Waals surface area contributed by atoms with Crippen molar-refractivity contribution in [3.63, 3.8) is 0 Å². The van der Waals surface area contributed by atoms with Gasteiger partial charge < -0.3 is 5.32 Å². The molecule has 100 valence electrons. The van der Waals surface area contributed by atoms with Crippen molar-refractivity contribution in [3.05, 3.63) is 64.7 Å². The third-order valence-corrected chi connectivity index (χ3v) is 3.11. The van der Waals surface area contributed by atoms with E-state index in [1.54, 1.807) is 24.3 Å². The summed E-state index contributed by atoms with van der Waals surface area (Å²) < 4.78 is 26.5. The summed E-state index contributed by atoms with van der Waals surface area (Å²) in [5.74, 6) is -0.665. The predicted molar refractivity (Wildman–Crippen MR) is 74.6 cm³/mol. The maximum atomic E-state index is 13.5. The number of halogens is 3. The summed E-state index contributed by atoms with van der Waals surface area (Å²) in [6.07, 6.45) is 0.543. The third kappa shape index (κ3) is 3.67. The normalized spacial score (nSPS) is 12.2. The van der Waals surface area contributed by atoms with E-state index < -0.39 is 5.82 Å². The van der Waals surface area contributed by atoms with Crippen molar-refractivity contribution < 1.29 is 8.78 Å². The van der Waals surface area contributed by atoms with E-state index in [1.807, 2.05) is 6.92 Å². The highest BCUT2D eigenvalue weighted by Gasteiger charge is 2.08. The molecule has 2 aromatic rings. The second kappa shape index (κ2) is 6.02. The van der Waals surface area contributed by atoms with Gasteiger partial charge in [-0.1, -0.05) is 29.8 Å². The van der Waals surface area contributed by atoms with Gasteiger partial charge in [-0.05, 0) is 43.2 Å². The number of anilines is 1. The molecule has 0 saturated carbocycles. The standard InChI is InChI=1S/C15H14ClF2N/c1-10(8-11-4-2-3-5-14(11)17)19-12-6-7-15(18)13(16)9-12/h2-7,9-10,19H,8H2,1H3. The minimum Gasteiger partial charge on any atom is -0.382 e. The zero-order valence-electron chi connectivity index (χ0n) is 10.5. The molecule has 0 aliphatic carbocycles. The Morgan fingerprint density at radius 1 is 1.11 bits per heavy atom. The first-order valence-corrected chi connectivity index (χ1v) is 6.39. The zero-order valence-corrected chi connectivity index (χ0v) is 11.2. The van der Waals surface area contributed by atoms with Gasteiger partial charge in [-0.25, -0.2) is 8.78 Å². The molecule has 0 amide bonds. The van der Waals surface area contributed by atoms with E-state index >= 15 is 0 Å². The van der Waals surface area contributed by atoms with Gasteiger partial charge in [0.1, 0.15) is 11.6 Å². The number of rotatable bonds is 4. The quantitative estimate of drug-likeness (QED) is 0.859. The van der Waals surface area contributed by atoms with Crippen LogP contribution in [0, 0.1) is 11.6 Å². The van der Waals surface area contributed by atoms with Crippen molar-refractivity contribution in [1.82, 2.24) is 0 Å². The monoisotopic (exact) mass is 281 g/mol. The topological polar surface area (TPSA) is 12.0 Å². The molecule has 0 radical (unpaired) electrons. The summed E-state index contributed by atoms with van der Waals surface area (Å²) in [7, 11) is 0. The van der Waals surface area contributed by atoms with Gasteiger partial charge in [0, 0.05) is 11.7 Å². The lowest BCUT2D eigenvalue weighted by molar-refractivity contribution is 0.601. The molecule has 0 spiro atoms. The Balaban J connectivity index is 2.03. The molecule has 0 aromatic heterocycles. The van der Waals surface area contributed by atoms with Crippen LogP contribution in [0.25, 0.3) is 0 Å². The Bertz CT molecular complexity index is 572. The summed E-state index contributed by atoms with van der Waals surface area (Å²) in [4.78, 5) is 0. The first-order chi connectivity index (χ1) is 9.06. The third-order valence-electron chi connectivity index (χ3n) is 2.82. The van der Waals surface area contributed by atoms with Crippen molar-refractivity contribution in [1.29, 1.82) is 0 Å². The van der Waals surface area contributed by atoms with Crippen LogP contribution in [0.5, 0.6) is 0 Å². The van der Waals surface area contributed by atoms with E-state index in [0.717, 1.165) is 5.69 Å². The molecule has 19 heavy (non-hydrogen) atoms. The van der Waals surface area contributed by atoms with Gasteiger partial charge in [0.2, 0.25) is 0 Å². The van der Waals surface area contributed by atoms with Gasteiger partial charge in [-0.15, -0.1) is 0 Å². The summed E-state index contributed by atoms with van der Waals surface area (Å²) in [6.45, 7) is 1.93. The molecule has 1 atom stereocenters. The minimum atomic E-state index is -0.450. The van der Waals surface area contributed by atoms with E-state index in [1.165, 1.54) is 18.2 Å². The molecule has 1 N–H and O–H groups in total. The van der Waals surface area contributed by atoms with E-state index in [0.29, 0.717) is 12.0 Å². The van der Waals surface area contributed by atoms with Crippen LogP contribution in [0.3, 0.4) is 0 Å². The van der Waals surface area contributed by atoms with Crippen molar-refractivity contribution in [3.8, 4) is 0 Å². The Morgan fingerprint density at radius 3 is 2.53 bits per heavy atom. The van der Waals surface area contributed by atoms with Crippen LogP contribution >= 0.6 is 11.6 Å². The lowest BCUT2D eigenvalue weighted by atomic mass is 10.1. The Hall–Kier alpha value is -1.61. The molecule has 0 heterocycles. The summed E-state index contributed by atoms with van der Waals surface area (Å²) in [5.41, 5.74) is 1.37. The van der Waals surface area contributed by atoms with Gasteiger partial charge in [0.05, 0.1) is 5.02 Å². The van der Waals surface area contributed by atoms with Crippen LogP contribution in [0.15, 0.2) is 42.5 Å². The average Bonchev–Trinajstić information content (AvgIpc) is 2.37. The van der Waals surface area contributed by atoms with Gasteiger partial charge >= 0.3 is 0 Å². The van der Waals surface area contributed by atoms with Crippen LogP contribution in [0.2, 0.25) is 5.02 Å². The van der Waals surface area contributed by atoms with E-state index in [4.69, 9.17) is 11.6 Å². The minimum absolute atomic E-state index is 0.0124. The average molecular weight is 282 g/mol. The number of nitrogens with one attached hydrogen (secondary N) is 1. The molecule has 0 aliphatic rings. The van der Waals surface area contributed by atoms with Gasteiger partial charge in [0.25, 0.3) is 0 Å². The largest absolute Gasteiger partial charge is 0.382 e. The van der Waals surface area contributed by atoms with Gasteiger partial charge in [-0.3, -0.25) is 0 Å². The van der Waals surface area contributed by atoms with Gasteiger partial charge in [0.15, 0.2) is 0 Å². The maximum Gasteiger partial charge on any atom is 0.141 e. The molecular weight excluding hydrogens is 268 g/mol. The number of hydrogen-bond acceptors (Lipinski definition) is 1. The van der Waals surface area contributed by atoms with Crippen molar-refractivity contribution >= 4 is 17.3 Å². The molecular formula is C15H14ClF2N. The van der Waals surface area contributed by atoms with Crippen LogP contribution in [0.1, 0.15) is 12.5 Å². The predicted octanol–water partition coefficient (Wildman–Crippen LogP) is 4.66. The molecule has 0 fully saturated rings. The highest BCUT2D eigenvalue weighted by Crippen LogP contribution is 2.20. The lowest BCUT2D eigenvalue weighted by Crippen LogP contribution is -2.18. The number of benzene rings is 2. The summed E-state index contributed by atoms with van der Waals surface area (Å²) in [5, 5.41) is 3.24. The number of hydrogen-bond donors (Lipinski definition) is 1. The summed E-state index contributed by atoms with van der Waals surface area (Å²) in [6, 6.07) is 11.1. The second-order valence-corrected chi connectivity index (χ2v) is 4.88. The van der Waals surface area contributed by atoms with E-state index in [-0.39, 0.29) is 16.9 Å². The molecule has 2 aromatic carbocycles. The SMILES string of the molecule is CC(Cc1ccccc1F)Nc1ccc(F)c(Cl)c1. The Morgan fingerprint density at radius 2 is 1.84 bits per heavy atom. The highest BCUT2D eigenvalue weighted by atomic mass is 35.5. The smallest absolute Gasteiger partial charge is 0.141 e. The van der Waals surface area contributed by atoms with Crippen LogP contribution < -0.4 is 5.32 Å². The lowest BCUT2D eigenvalue weighted by Gasteiger charge is -2.16. The summed E-state index contributed by atoms with van der Waals surface area (Å²) >= 11 is 5.71. The van der Waals surface area contributed by atoms with Crippen molar-refractivity contribution in [2.75, 3.05) is 5.32 Å². The zero-order chi connectivity index (χ0) is 13.8. The Kier molecular flexibility index (Phi) is 4.38. The van der Waals surface area contributed by atoms with Crippen LogP contribution in [-0.2, 0) is 6.42 Å². The molecule has 0 aliphatic heterocycles. The van der Waals surface area contributed by atoms with E-state index in [2.05, 4.69) is 5.32 Å².